The number of carbonyl (C=O) groups is 1. The van der Waals surface area contributed by atoms with Crippen molar-refractivity contribution in [1.82, 2.24) is 14.3 Å². The lowest BCUT2D eigenvalue weighted by Gasteiger charge is -2.18. The number of aromatic nitrogens is 2. The molecule has 2 aliphatic rings. The van der Waals surface area contributed by atoms with Gasteiger partial charge < -0.3 is 15.2 Å². The van der Waals surface area contributed by atoms with E-state index in [2.05, 4.69) is 10.3 Å². The molecule has 1 amide bonds. The summed E-state index contributed by atoms with van der Waals surface area (Å²) >= 11 is 6.57. The molecule has 30 heavy (non-hydrogen) atoms. The Morgan fingerprint density at radius 1 is 1.43 bits per heavy atom. The van der Waals surface area contributed by atoms with Gasteiger partial charge in [0.25, 0.3) is 11.5 Å². The molecule has 0 aromatic carbocycles. The summed E-state index contributed by atoms with van der Waals surface area (Å²) in [5, 5.41) is 12.2. The smallest absolute Gasteiger partial charge is 0.267 e. The highest BCUT2D eigenvalue weighted by molar-refractivity contribution is 8.26. The van der Waals surface area contributed by atoms with Crippen molar-refractivity contribution in [3.63, 3.8) is 0 Å². The van der Waals surface area contributed by atoms with E-state index in [9.17, 15) is 14.7 Å². The molecule has 2 aromatic rings. The largest absolute Gasteiger partial charge is 0.395 e. The topological polar surface area (TPSA) is 96.2 Å². The van der Waals surface area contributed by atoms with Gasteiger partial charge in [0, 0.05) is 19.3 Å². The minimum atomic E-state index is -0.298. The molecular formula is C20H22N4O4S2. The molecule has 2 aromatic heterocycles. The zero-order chi connectivity index (χ0) is 21.3. The Labute approximate surface area is 182 Å². The Kier molecular flexibility index (Phi) is 6.19. The molecule has 0 radical (unpaired) electrons. The fraction of sp³-hybridized carbons (Fsp3) is 0.400. The van der Waals surface area contributed by atoms with Crippen molar-refractivity contribution < 1.29 is 14.6 Å². The van der Waals surface area contributed by atoms with Crippen LogP contribution in [0, 0.1) is 6.92 Å². The third-order valence-electron chi connectivity index (χ3n) is 4.97. The van der Waals surface area contributed by atoms with Gasteiger partial charge >= 0.3 is 0 Å². The van der Waals surface area contributed by atoms with E-state index < -0.39 is 0 Å². The van der Waals surface area contributed by atoms with Crippen LogP contribution in [-0.4, -0.2) is 62.0 Å². The standard InChI is InChI=1S/C20H22N4O4S2/c1-12-4-5-16-22-17(21-6-7-25)14(18(26)23(16)10-12)9-15-19(27)24(20(29)30-15)11-13-3-2-8-28-13/h4-5,9-10,13,21,25H,2-3,6-8,11H2,1H3/b15-9-/t13-/m0/s1. The molecule has 2 N–H and O–H groups in total. The first-order chi connectivity index (χ1) is 14.5. The molecule has 8 nitrogen and oxygen atoms in total. The van der Waals surface area contributed by atoms with Gasteiger partial charge in [-0.15, -0.1) is 0 Å². The maximum atomic E-state index is 13.2. The van der Waals surface area contributed by atoms with E-state index in [1.165, 1.54) is 16.2 Å². The SMILES string of the molecule is Cc1ccc2nc(NCCO)c(/C=C3\SC(=S)N(C[C@@H]4CCCO4)C3=O)c(=O)n2c1. The van der Waals surface area contributed by atoms with Gasteiger partial charge in [0.05, 0.1) is 29.7 Å². The lowest BCUT2D eigenvalue weighted by Crippen LogP contribution is -2.35. The summed E-state index contributed by atoms with van der Waals surface area (Å²) in [5.41, 5.74) is 1.35. The average molecular weight is 447 g/mol. The molecule has 0 aliphatic carbocycles. The molecule has 0 spiro atoms. The van der Waals surface area contributed by atoms with Crippen molar-refractivity contribution in [2.24, 2.45) is 0 Å². The average Bonchev–Trinajstić information content (AvgIpc) is 3.33. The maximum absolute atomic E-state index is 13.2. The number of nitrogens with one attached hydrogen (secondary N) is 1. The molecule has 0 bridgehead atoms. The molecule has 2 saturated heterocycles. The Bertz CT molecular complexity index is 1090. The Hall–Kier alpha value is -2.27. The number of aliphatic hydroxyl groups is 1. The predicted molar refractivity (Wildman–Crippen MR) is 121 cm³/mol. The number of carbonyl (C=O) groups excluding carboxylic acids is 1. The lowest BCUT2D eigenvalue weighted by atomic mass is 10.2. The summed E-state index contributed by atoms with van der Waals surface area (Å²) in [6.45, 7) is 3.13. The molecule has 0 unspecified atom stereocenters. The van der Waals surface area contributed by atoms with Crippen LogP contribution in [0.25, 0.3) is 11.7 Å². The monoisotopic (exact) mass is 446 g/mol. The number of fused-ring (bicyclic) bond motifs is 1. The van der Waals surface area contributed by atoms with E-state index in [4.69, 9.17) is 17.0 Å². The van der Waals surface area contributed by atoms with Crippen molar-refractivity contribution in [2.45, 2.75) is 25.9 Å². The second kappa shape index (κ2) is 8.84. The fourth-order valence-corrected chi connectivity index (χ4v) is 4.74. The second-order valence-corrected chi connectivity index (χ2v) is 8.87. The van der Waals surface area contributed by atoms with Crippen LogP contribution in [-0.2, 0) is 9.53 Å². The second-order valence-electron chi connectivity index (χ2n) is 7.19. The zero-order valence-electron chi connectivity index (χ0n) is 16.5. The van der Waals surface area contributed by atoms with Crippen LogP contribution in [0.4, 0.5) is 5.82 Å². The number of hydrogen-bond donors (Lipinski definition) is 2. The van der Waals surface area contributed by atoms with Crippen LogP contribution in [0.2, 0.25) is 0 Å². The van der Waals surface area contributed by atoms with E-state index >= 15 is 0 Å². The number of ether oxygens (including phenoxy) is 1. The lowest BCUT2D eigenvalue weighted by molar-refractivity contribution is -0.123. The molecule has 1 atom stereocenters. The van der Waals surface area contributed by atoms with Gasteiger partial charge in [0.2, 0.25) is 0 Å². The van der Waals surface area contributed by atoms with Crippen LogP contribution < -0.4 is 10.9 Å². The van der Waals surface area contributed by atoms with E-state index in [0.29, 0.717) is 33.8 Å². The zero-order valence-corrected chi connectivity index (χ0v) is 18.1. The number of thiocarbonyl (C=S) groups is 1. The minimum Gasteiger partial charge on any atom is -0.395 e. The van der Waals surface area contributed by atoms with Crippen LogP contribution in [0.3, 0.4) is 0 Å². The third kappa shape index (κ3) is 4.13. The molecule has 4 heterocycles. The first-order valence-corrected chi connectivity index (χ1v) is 10.9. The van der Waals surface area contributed by atoms with Crippen molar-refractivity contribution in [3.05, 3.63) is 44.7 Å². The molecule has 0 saturated carbocycles. The summed E-state index contributed by atoms with van der Waals surface area (Å²) in [7, 11) is 0. The van der Waals surface area contributed by atoms with Crippen LogP contribution in [0.5, 0.6) is 0 Å². The molecule has 10 heteroatoms. The predicted octanol–water partition coefficient (Wildman–Crippen LogP) is 1.79. The highest BCUT2D eigenvalue weighted by Crippen LogP contribution is 2.34. The van der Waals surface area contributed by atoms with Crippen molar-refractivity contribution >= 4 is 51.7 Å². The minimum absolute atomic E-state index is 0.00966. The van der Waals surface area contributed by atoms with Crippen LogP contribution in [0.1, 0.15) is 24.0 Å². The third-order valence-corrected chi connectivity index (χ3v) is 6.35. The van der Waals surface area contributed by atoms with Gasteiger partial charge in [0.1, 0.15) is 15.8 Å². The van der Waals surface area contributed by atoms with Gasteiger partial charge in [-0.3, -0.25) is 18.9 Å². The van der Waals surface area contributed by atoms with Gasteiger partial charge in [-0.05, 0) is 37.5 Å². The number of aliphatic hydroxyl groups excluding tert-OH is 1. The summed E-state index contributed by atoms with van der Waals surface area (Å²) in [6, 6.07) is 3.62. The van der Waals surface area contributed by atoms with E-state index in [1.807, 2.05) is 13.0 Å². The van der Waals surface area contributed by atoms with Crippen LogP contribution in [0.15, 0.2) is 28.0 Å². The van der Waals surface area contributed by atoms with Gasteiger partial charge in [-0.1, -0.05) is 30.0 Å². The molecule has 4 rings (SSSR count). The van der Waals surface area contributed by atoms with E-state index in [1.54, 1.807) is 23.2 Å². The molecular weight excluding hydrogens is 424 g/mol. The first kappa shape index (κ1) is 21.0. The maximum Gasteiger partial charge on any atom is 0.267 e. The highest BCUT2D eigenvalue weighted by atomic mass is 32.2. The highest BCUT2D eigenvalue weighted by Gasteiger charge is 2.35. The number of amides is 1. The summed E-state index contributed by atoms with van der Waals surface area (Å²) in [5.74, 6) is 0.0876. The fourth-order valence-electron chi connectivity index (χ4n) is 3.48. The van der Waals surface area contributed by atoms with Crippen LogP contribution >= 0.6 is 24.0 Å². The summed E-state index contributed by atoms with van der Waals surface area (Å²) in [6.07, 6.45) is 5.12. The Morgan fingerprint density at radius 2 is 2.27 bits per heavy atom. The number of anilines is 1. The Morgan fingerprint density at radius 3 is 3.00 bits per heavy atom. The Balaban J connectivity index is 1.73. The normalized spacial score (nSPS) is 20.7. The molecule has 158 valence electrons. The summed E-state index contributed by atoms with van der Waals surface area (Å²) in [4.78, 5) is 32.6. The van der Waals surface area contributed by atoms with Gasteiger partial charge in [-0.2, -0.15) is 0 Å². The van der Waals surface area contributed by atoms with E-state index in [0.717, 1.165) is 18.4 Å². The number of rotatable bonds is 6. The summed E-state index contributed by atoms with van der Waals surface area (Å²) < 4.78 is 7.54. The van der Waals surface area contributed by atoms with Gasteiger partial charge in [-0.25, -0.2) is 4.98 Å². The number of pyridine rings is 1. The molecule has 2 aliphatic heterocycles. The van der Waals surface area contributed by atoms with E-state index in [-0.39, 0.29) is 36.3 Å². The van der Waals surface area contributed by atoms with Crippen molar-refractivity contribution in [3.8, 4) is 0 Å². The quantitative estimate of drug-likeness (QED) is 0.512. The number of thioether (sulfide) groups is 1. The van der Waals surface area contributed by atoms with Gasteiger partial charge in [0.15, 0.2) is 0 Å². The van der Waals surface area contributed by atoms with Crippen molar-refractivity contribution in [1.29, 1.82) is 0 Å². The molecule has 2 fully saturated rings. The van der Waals surface area contributed by atoms with Crippen molar-refractivity contribution in [2.75, 3.05) is 31.6 Å². The first-order valence-electron chi connectivity index (χ1n) is 9.72. The number of hydrogen-bond acceptors (Lipinski definition) is 8. The number of nitrogens with zero attached hydrogens (tertiary/aromatic N) is 3. The number of aryl methyl sites for hydroxylation is 1.